The first-order valence-electron chi connectivity index (χ1n) is 4.51. The van der Waals surface area contributed by atoms with E-state index in [9.17, 15) is 4.39 Å². The summed E-state index contributed by atoms with van der Waals surface area (Å²) in [6, 6.07) is 2.85. The number of rotatable bonds is 4. The van der Waals surface area contributed by atoms with Gasteiger partial charge in [-0.15, -0.1) is 0 Å². The molecule has 3 nitrogen and oxygen atoms in total. The molecule has 0 unspecified atom stereocenters. The van der Waals surface area contributed by atoms with Gasteiger partial charge in [-0.1, -0.05) is 12.2 Å². The van der Waals surface area contributed by atoms with E-state index in [-0.39, 0.29) is 5.75 Å². The van der Waals surface area contributed by atoms with Gasteiger partial charge < -0.3 is 15.2 Å². The zero-order valence-electron chi connectivity index (χ0n) is 8.79. The van der Waals surface area contributed by atoms with Crippen molar-refractivity contribution in [2.75, 3.05) is 20.8 Å². The van der Waals surface area contributed by atoms with E-state index in [1.807, 2.05) is 0 Å². The Morgan fingerprint density at radius 3 is 2.60 bits per heavy atom. The van der Waals surface area contributed by atoms with Gasteiger partial charge in [0, 0.05) is 6.54 Å². The van der Waals surface area contributed by atoms with Crippen LogP contribution in [0.1, 0.15) is 5.56 Å². The van der Waals surface area contributed by atoms with Gasteiger partial charge in [-0.2, -0.15) is 0 Å². The Morgan fingerprint density at radius 1 is 1.33 bits per heavy atom. The molecule has 0 spiro atoms. The molecule has 1 aromatic rings. The minimum atomic E-state index is -0.421. The number of hydrogen-bond donors (Lipinski definition) is 1. The molecule has 2 N–H and O–H groups in total. The van der Waals surface area contributed by atoms with Crippen LogP contribution in [-0.4, -0.2) is 20.8 Å². The molecular formula is C11H14FNO2. The van der Waals surface area contributed by atoms with Crippen LogP contribution < -0.4 is 15.2 Å². The van der Waals surface area contributed by atoms with Crippen molar-refractivity contribution in [3.8, 4) is 11.5 Å². The second-order valence-corrected chi connectivity index (χ2v) is 2.83. The van der Waals surface area contributed by atoms with Crippen LogP contribution in [-0.2, 0) is 0 Å². The molecule has 0 radical (unpaired) electrons. The third-order valence-electron chi connectivity index (χ3n) is 1.95. The Morgan fingerprint density at radius 2 is 2.07 bits per heavy atom. The molecule has 4 heteroatoms. The normalized spacial score (nSPS) is 10.7. The van der Waals surface area contributed by atoms with Gasteiger partial charge in [-0.05, 0) is 12.1 Å². The van der Waals surface area contributed by atoms with E-state index in [0.29, 0.717) is 17.9 Å². The molecule has 0 aromatic heterocycles. The quantitative estimate of drug-likeness (QED) is 0.826. The highest BCUT2D eigenvalue weighted by atomic mass is 19.1. The highest BCUT2D eigenvalue weighted by molar-refractivity contribution is 5.64. The molecule has 1 aromatic carbocycles. The molecule has 0 aliphatic heterocycles. The first kappa shape index (κ1) is 11.5. The van der Waals surface area contributed by atoms with Crippen LogP contribution >= 0.6 is 0 Å². The van der Waals surface area contributed by atoms with Crippen molar-refractivity contribution in [3.05, 3.63) is 29.6 Å². The molecule has 0 aliphatic carbocycles. The molecule has 15 heavy (non-hydrogen) atoms. The zero-order valence-corrected chi connectivity index (χ0v) is 8.79. The van der Waals surface area contributed by atoms with Crippen LogP contribution in [0, 0.1) is 5.82 Å². The molecule has 0 atom stereocenters. The van der Waals surface area contributed by atoms with Crippen molar-refractivity contribution in [1.82, 2.24) is 0 Å². The predicted octanol–water partition coefficient (Wildman–Crippen LogP) is 1.81. The molecule has 0 amide bonds. The highest BCUT2D eigenvalue weighted by Crippen LogP contribution is 2.32. The lowest BCUT2D eigenvalue weighted by Crippen LogP contribution is -1.97. The van der Waals surface area contributed by atoms with Crippen LogP contribution in [0.3, 0.4) is 0 Å². The Kier molecular flexibility index (Phi) is 4.12. The van der Waals surface area contributed by atoms with Crippen LogP contribution in [0.25, 0.3) is 6.08 Å². The van der Waals surface area contributed by atoms with E-state index < -0.39 is 5.82 Å². The third-order valence-corrected chi connectivity index (χ3v) is 1.95. The number of hydrogen-bond acceptors (Lipinski definition) is 3. The molecule has 0 saturated carbocycles. The van der Waals surface area contributed by atoms with Gasteiger partial charge in [-0.25, -0.2) is 4.39 Å². The number of halogens is 1. The van der Waals surface area contributed by atoms with Gasteiger partial charge in [0.2, 0.25) is 0 Å². The Hall–Kier alpha value is -1.55. The summed E-state index contributed by atoms with van der Waals surface area (Å²) < 4.78 is 23.4. The lowest BCUT2D eigenvalue weighted by Gasteiger charge is -2.10. The van der Waals surface area contributed by atoms with E-state index >= 15 is 0 Å². The van der Waals surface area contributed by atoms with E-state index in [0.717, 1.165) is 0 Å². The second kappa shape index (κ2) is 5.36. The fraction of sp³-hybridized carbons (Fsp3) is 0.273. The Labute approximate surface area is 88.3 Å². The first-order valence-corrected chi connectivity index (χ1v) is 4.51. The van der Waals surface area contributed by atoms with Crippen molar-refractivity contribution >= 4 is 6.08 Å². The van der Waals surface area contributed by atoms with Gasteiger partial charge >= 0.3 is 0 Å². The summed E-state index contributed by atoms with van der Waals surface area (Å²) in [5.41, 5.74) is 5.90. The Balaban J connectivity index is 3.27. The monoisotopic (exact) mass is 211 g/mol. The summed E-state index contributed by atoms with van der Waals surface area (Å²) in [5, 5.41) is 0. The minimum Gasteiger partial charge on any atom is -0.496 e. The lowest BCUT2D eigenvalue weighted by atomic mass is 10.1. The molecule has 0 aliphatic rings. The van der Waals surface area contributed by atoms with Gasteiger partial charge in [0.25, 0.3) is 0 Å². The molecule has 0 fully saturated rings. The molecule has 1 rings (SSSR count). The maximum Gasteiger partial charge on any atom is 0.165 e. The lowest BCUT2D eigenvalue weighted by molar-refractivity contribution is 0.372. The summed E-state index contributed by atoms with van der Waals surface area (Å²) in [7, 11) is 2.93. The fourth-order valence-electron chi connectivity index (χ4n) is 1.28. The zero-order chi connectivity index (χ0) is 11.3. The number of ether oxygens (including phenoxy) is 2. The van der Waals surface area contributed by atoms with Crippen molar-refractivity contribution < 1.29 is 13.9 Å². The predicted molar refractivity (Wildman–Crippen MR) is 57.6 cm³/mol. The van der Waals surface area contributed by atoms with Crippen molar-refractivity contribution in [2.24, 2.45) is 5.73 Å². The van der Waals surface area contributed by atoms with Gasteiger partial charge in [0.15, 0.2) is 11.6 Å². The standard InChI is InChI=1S/C11H14FNO2/c1-14-10-6-5-9(12)11(15-2)8(10)4-3-7-13/h3-6H,7,13H2,1-2H3/b4-3+. The SMILES string of the molecule is COc1ccc(F)c(OC)c1/C=C/CN. The third kappa shape index (κ3) is 2.47. The maximum absolute atomic E-state index is 13.3. The average Bonchev–Trinajstić information content (AvgIpc) is 2.26. The second-order valence-electron chi connectivity index (χ2n) is 2.83. The van der Waals surface area contributed by atoms with Gasteiger partial charge in [0.1, 0.15) is 5.75 Å². The van der Waals surface area contributed by atoms with Gasteiger partial charge in [0.05, 0.1) is 19.8 Å². The van der Waals surface area contributed by atoms with Crippen molar-refractivity contribution in [3.63, 3.8) is 0 Å². The van der Waals surface area contributed by atoms with Crippen molar-refractivity contribution in [2.45, 2.75) is 0 Å². The van der Waals surface area contributed by atoms with Crippen LogP contribution in [0.5, 0.6) is 11.5 Å². The van der Waals surface area contributed by atoms with E-state index in [4.69, 9.17) is 15.2 Å². The summed E-state index contributed by atoms with van der Waals surface area (Å²) in [4.78, 5) is 0. The van der Waals surface area contributed by atoms with Crippen molar-refractivity contribution in [1.29, 1.82) is 0 Å². The molecule has 82 valence electrons. The van der Waals surface area contributed by atoms with Crippen LogP contribution in [0.4, 0.5) is 4.39 Å². The average molecular weight is 211 g/mol. The molecular weight excluding hydrogens is 197 g/mol. The van der Waals surface area contributed by atoms with Crippen LogP contribution in [0.15, 0.2) is 18.2 Å². The number of nitrogens with two attached hydrogens (primary N) is 1. The fourth-order valence-corrected chi connectivity index (χ4v) is 1.28. The summed E-state index contributed by atoms with van der Waals surface area (Å²) >= 11 is 0. The number of methoxy groups -OCH3 is 2. The van der Waals surface area contributed by atoms with E-state index in [1.54, 1.807) is 18.2 Å². The molecule has 0 saturated heterocycles. The maximum atomic E-state index is 13.3. The first-order chi connectivity index (χ1) is 7.24. The summed E-state index contributed by atoms with van der Waals surface area (Å²) in [5.74, 6) is 0.298. The topological polar surface area (TPSA) is 44.5 Å². The summed E-state index contributed by atoms with van der Waals surface area (Å²) in [6.07, 6.45) is 3.39. The van der Waals surface area contributed by atoms with Crippen LogP contribution in [0.2, 0.25) is 0 Å². The van der Waals surface area contributed by atoms with E-state index in [1.165, 1.54) is 20.3 Å². The Bertz CT molecular complexity index is 364. The largest absolute Gasteiger partial charge is 0.496 e. The van der Waals surface area contributed by atoms with E-state index in [2.05, 4.69) is 0 Å². The summed E-state index contributed by atoms with van der Waals surface area (Å²) in [6.45, 7) is 0.378. The smallest absolute Gasteiger partial charge is 0.165 e. The molecule has 0 bridgehead atoms. The highest BCUT2D eigenvalue weighted by Gasteiger charge is 2.11. The molecule has 0 heterocycles. The minimum absolute atomic E-state index is 0.166. The van der Waals surface area contributed by atoms with Gasteiger partial charge in [-0.3, -0.25) is 0 Å². The number of benzene rings is 1.